The van der Waals surface area contributed by atoms with Crippen molar-refractivity contribution in [1.82, 2.24) is 0 Å². The van der Waals surface area contributed by atoms with Crippen LogP contribution in [0.3, 0.4) is 0 Å². The van der Waals surface area contributed by atoms with Gasteiger partial charge in [0.05, 0.1) is 0 Å². The van der Waals surface area contributed by atoms with Gasteiger partial charge in [-0.1, -0.05) is 0 Å². The fourth-order valence-electron chi connectivity index (χ4n) is 0. The molecule has 0 bridgehead atoms. The van der Waals surface area contributed by atoms with Crippen molar-refractivity contribution in [2.24, 2.45) is 0 Å². The summed E-state index contributed by atoms with van der Waals surface area (Å²) >= 11 is -0.363. The molecule has 0 rings (SSSR count). The predicted octanol–water partition coefficient (Wildman–Crippen LogP) is 0.848. The van der Waals surface area contributed by atoms with Crippen LogP contribution >= 0.6 is 19.6 Å². The molecule has 0 amide bonds. The van der Waals surface area contributed by atoms with Gasteiger partial charge >= 0.3 is 34.6 Å². The first-order valence-electron chi connectivity index (χ1n) is 0.557. The Balaban J connectivity index is -0.00000000567. The predicted molar refractivity (Wildman–Crippen MR) is 37.7 cm³/mol. The molecule has 0 heterocycles. The molecule has 0 aliphatic heterocycles. The van der Waals surface area contributed by atoms with E-state index in [2.05, 4.69) is 19.6 Å². The standard InChI is InChI=1S/CN.Cu.Mo.2H2S.2S/c1-2;;;;;;/h;;;2*1H2;;/q-1;;;;;;/p-2. The molecule has 0 saturated carbocycles. The number of rotatable bonds is 0. The monoisotopic (exact) mass is 317 g/mol. The SMILES string of the molecule is [C-]#N.[Cu].[SH-].[SH-].[S]=[Mo]=[S]. The topological polar surface area (TPSA) is 23.8 Å². The third-order valence-corrected chi connectivity index (χ3v) is 0. The maximum absolute atomic E-state index is 6.25. The number of hydrogen-bond acceptors (Lipinski definition) is 5. The minimum atomic E-state index is -0.363. The van der Waals surface area contributed by atoms with Gasteiger partial charge in [0.1, 0.15) is 0 Å². The van der Waals surface area contributed by atoms with Crippen LogP contribution in [0.25, 0.3) is 0 Å². The normalized spacial score (nSPS) is 1.75. The van der Waals surface area contributed by atoms with Crippen LogP contribution in [0.1, 0.15) is 0 Å². The van der Waals surface area contributed by atoms with Crippen molar-refractivity contribution in [2.75, 3.05) is 0 Å². The van der Waals surface area contributed by atoms with E-state index in [0.717, 1.165) is 0 Å². The molecule has 1 radical (unpaired) electrons. The van der Waals surface area contributed by atoms with Gasteiger partial charge in [-0.25, -0.2) is 0 Å². The molecule has 0 atom stereocenters. The molecule has 0 aromatic rings. The zero-order chi connectivity index (χ0) is 4.71. The van der Waals surface area contributed by atoms with E-state index in [-0.39, 0.29) is 59.0 Å². The second-order valence-electron chi connectivity index (χ2n) is 0.0680. The molecule has 0 aliphatic carbocycles. The van der Waals surface area contributed by atoms with E-state index in [4.69, 9.17) is 11.8 Å². The van der Waals surface area contributed by atoms with Crippen LogP contribution in [-0.2, 0) is 59.0 Å². The van der Waals surface area contributed by atoms with Crippen molar-refractivity contribution in [2.45, 2.75) is 0 Å². The summed E-state index contributed by atoms with van der Waals surface area (Å²) in [7, 11) is 8.68. The summed E-state index contributed by atoms with van der Waals surface area (Å²) in [6.45, 7) is 4.75. The first-order chi connectivity index (χ1) is 2.41. The molecule has 0 N–H and O–H groups in total. The summed E-state index contributed by atoms with van der Waals surface area (Å²) in [6.07, 6.45) is 0. The van der Waals surface area contributed by atoms with Crippen LogP contribution in [0.15, 0.2) is 0 Å². The first kappa shape index (κ1) is 32.8. The van der Waals surface area contributed by atoms with Crippen molar-refractivity contribution in [1.29, 1.82) is 5.26 Å². The van der Waals surface area contributed by atoms with Gasteiger partial charge in [0.15, 0.2) is 0 Å². The molecule has 0 unspecified atom stereocenters. The molecule has 1 nitrogen and oxygen atoms in total. The summed E-state index contributed by atoms with van der Waals surface area (Å²) in [5.74, 6) is 0. The first-order valence-corrected chi connectivity index (χ1v) is 6.14. The summed E-state index contributed by atoms with van der Waals surface area (Å²) in [4.78, 5) is 0. The zero-order valence-corrected chi connectivity index (χ0v) is 9.74. The van der Waals surface area contributed by atoms with Gasteiger partial charge in [-0.05, 0) is 0 Å². The molecule has 0 aromatic heterocycles. The van der Waals surface area contributed by atoms with Crippen molar-refractivity contribution in [3.05, 3.63) is 6.57 Å². The Morgan fingerprint density at radius 1 is 1.12 bits per heavy atom. The molecular weight excluding hydrogens is 314 g/mol. The molecule has 0 aromatic carbocycles. The van der Waals surface area contributed by atoms with Crippen LogP contribution in [0.4, 0.5) is 0 Å². The summed E-state index contributed by atoms with van der Waals surface area (Å²) in [5, 5.41) is 6.25. The van der Waals surface area contributed by atoms with Gasteiger partial charge < -0.3 is 38.8 Å². The Bertz CT molecular complexity index is 58.3. The summed E-state index contributed by atoms with van der Waals surface area (Å²) in [6, 6.07) is 0. The Kier molecular flexibility index (Phi) is 277. The van der Waals surface area contributed by atoms with E-state index in [9.17, 15) is 0 Å². The Hall–Kier alpha value is 1.84. The quantitative estimate of drug-likeness (QED) is 0.285. The van der Waals surface area contributed by atoms with Crippen molar-refractivity contribution in [3.63, 3.8) is 0 Å². The fourth-order valence-corrected chi connectivity index (χ4v) is 0. The van der Waals surface area contributed by atoms with Crippen LogP contribution in [0.5, 0.6) is 0 Å². The van der Waals surface area contributed by atoms with Gasteiger partial charge in [0.2, 0.25) is 0 Å². The van der Waals surface area contributed by atoms with Gasteiger partial charge in [-0.3, -0.25) is 0 Å². The Labute approximate surface area is 89.4 Å². The van der Waals surface area contributed by atoms with E-state index in [1.165, 1.54) is 0 Å². The molecule has 0 spiro atoms. The van der Waals surface area contributed by atoms with Crippen LogP contribution in [0, 0.1) is 11.8 Å². The third-order valence-electron chi connectivity index (χ3n) is 0. The fraction of sp³-hybridized carbons (Fsp3) is 0. The minimum absolute atomic E-state index is 0. The summed E-state index contributed by atoms with van der Waals surface area (Å²) < 4.78 is 0. The van der Waals surface area contributed by atoms with E-state index in [1.54, 1.807) is 0 Å². The van der Waals surface area contributed by atoms with E-state index < -0.39 is 0 Å². The zero-order valence-electron chi connectivity index (χ0n) is 3.37. The summed E-state index contributed by atoms with van der Waals surface area (Å²) in [5.41, 5.74) is 0. The second kappa shape index (κ2) is 67.4. The van der Waals surface area contributed by atoms with Crippen LogP contribution in [0.2, 0.25) is 0 Å². The van der Waals surface area contributed by atoms with Crippen LogP contribution in [-0.4, -0.2) is 0 Å². The number of hydrogen-bond donors (Lipinski definition) is 0. The average molecular weight is 316 g/mol. The molecule has 8 heavy (non-hydrogen) atoms. The van der Waals surface area contributed by atoms with E-state index >= 15 is 0 Å². The van der Waals surface area contributed by atoms with Gasteiger partial charge in [-0.15, -0.1) is 0 Å². The van der Waals surface area contributed by atoms with Crippen LogP contribution < -0.4 is 0 Å². The van der Waals surface area contributed by atoms with Crippen molar-refractivity contribution < 1.29 is 32.0 Å². The average Bonchev–Trinajstić information content (AvgIpc) is 1.46. The van der Waals surface area contributed by atoms with Gasteiger partial charge in [0.25, 0.3) is 0 Å². The van der Waals surface area contributed by atoms with Crippen molar-refractivity contribution in [3.8, 4) is 0 Å². The van der Waals surface area contributed by atoms with E-state index in [1.807, 2.05) is 0 Å². The van der Waals surface area contributed by atoms with Gasteiger partial charge in [0, 0.05) is 17.1 Å². The van der Waals surface area contributed by atoms with Gasteiger partial charge in [-0.2, -0.15) is 0 Å². The molecule has 55 valence electrons. The third kappa shape index (κ3) is 109. The van der Waals surface area contributed by atoms with Crippen molar-refractivity contribution >= 4 is 46.6 Å². The molecule has 7 heteroatoms. The second-order valence-corrected chi connectivity index (χ2v) is 3.62. The number of nitrogens with zero attached hydrogens (tertiary/aromatic N) is 1. The molecule has 0 aliphatic rings. The maximum atomic E-state index is 6.25. The molecular formula is CH2CuMoNS4-3. The van der Waals surface area contributed by atoms with E-state index in [0.29, 0.717) is 0 Å². The molecule has 0 fully saturated rings. The molecule has 0 saturated heterocycles. The number of thiol groups is 2. The Morgan fingerprint density at radius 2 is 1.12 bits per heavy atom. The Morgan fingerprint density at radius 3 is 1.12 bits per heavy atom.